The molecule has 0 bridgehead atoms. The summed E-state index contributed by atoms with van der Waals surface area (Å²) in [5.74, 6) is 0.935. The molecule has 0 saturated heterocycles. The Balaban J connectivity index is 1.32. The van der Waals surface area contributed by atoms with Crippen molar-refractivity contribution in [3.8, 4) is 0 Å². The van der Waals surface area contributed by atoms with Gasteiger partial charge in [0, 0.05) is 25.0 Å². The number of hydrogen-bond donors (Lipinski definition) is 2. The molecular formula is C21H32N2O. The maximum atomic E-state index is 12.2. The number of carbonyl (C=O) groups is 1. The van der Waals surface area contributed by atoms with Crippen molar-refractivity contribution >= 4 is 5.91 Å². The maximum absolute atomic E-state index is 12.2. The summed E-state index contributed by atoms with van der Waals surface area (Å²) in [6.07, 6.45) is 11.8. The normalized spacial score (nSPS) is 25.3. The predicted octanol–water partition coefficient (Wildman–Crippen LogP) is 4.17. The Morgan fingerprint density at radius 2 is 1.54 bits per heavy atom. The lowest BCUT2D eigenvalue weighted by atomic mass is 9.86. The summed E-state index contributed by atoms with van der Waals surface area (Å²) < 4.78 is 0. The van der Waals surface area contributed by atoms with Gasteiger partial charge in [-0.3, -0.25) is 4.79 Å². The number of nitrogens with one attached hydrogen (secondary N) is 2. The van der Waals surface area contributed by atoms with E-state index >= 15 is 0 Å². The molecule has 1 aromatic rings. The van der Waals surface area contributed by atoms with Gasteiger partial charge in [0.15, 0.2) is 0 Å². The maximum Gasteiger partial charge on any atom is 0.220 e. The monoisotopic (exact) mass is 328 g/mol. The first-order valence-electron chi connectivity index (χ1n) is 9.86. The Kier molecular flexibility index (Phi) is 6.71. The molecule has 132 valence electrons. The van der Waals surface area contributed by atoms with Gasteiger partial charge in [0.1, 0.15) is 0 Å². The van der Waals surface area contributed by atoms with E-state index in [1.165, 1.54) is 50.5 Å². The molecule has 1 aromatic carbocycles. The van der Waals surface area contributed by atoms with Crippen LogP contribution in [-0.2, 0) is 11.3 Å². The number of rotatable bonds is 6. The lowest BCUT2D eigenvalue weighted by Gasteiger charge is -2.30. The molecule has 2 aliphatic carbocycles. The summed E-state index contributed by atoms with van der Waals surface area (Å²) in [5, 5.41) is 6.96. The van der Waals surface area contributed by atoms with Gasteiger partial charge in [0.05, 0.1) is 0 Å². The summed E-state index contributed by atoms with van der Waals surface area (Å²) in [5.41, 5.74) is 1.35. The van der Waals surface area contributed by atoms with Crippen LogP contribution in [0.1, 0.15) is 69.8 Å². The molecule has 3 heteroatoms. The fourth-order valence-corrected chi connectivity index (χ4v) is 4.24. The number of hydrogen-bond acceptors (Lipinski definition) is 2. The van der Waals surface area contributed by atoms with Crippen LogP contribution in [0.3, 0.4) is 0 Å². The molecule has 3 nitrogen and oxygen atoms in total. The van der Waals surface area contributed by atoms with Crippen LogP contribution in [0, 0.1) is 5.92 Å². The Labute approximate surface area is 146 Å². The summed E-state index contributed by atoms with van der Waals surface area (Å²) >= 11 is 0. The third kappa shape index (κ3) is 5.62. The summed E-state index contributed by atoms with van der Waals surface area (Å²) in [6, 6.07) is 11.6. The highest BCUT2D eigenvalue weighted by molar-refractivity contribution is 5.76. The van der Waals surface area contributed by atoms with Crippen molar-refractivity contribution in [2.45, 2.75) is 82.8 Å². The van der Waals surface area contributed by atoms with Crippen LogP contribution in [0.25, 0.3) is 0 Å². The van der Waals surface area contributed by atoms with Gasteiger partial charge < -0.3 is 10.6 Å². The SMILES string of the molecule is O=C(CC1CCCCC1)NC1CCC(NCc2ccccc2)CC1. The average Bonchev–Trinajstić information content (AvgIpc) is 2.63. The van der Waals surface area contributed by atoms with Crippen molar-refractivity contribution in [1.82, 2.24) is 10.6 Å². The quantitative estimate of drug-likeness (QED) is 0.823. The third-order valence-corrected chi connectivity index (χ3v) is 5.73. The summed E-state index contributed by atoms with van der Waals surface area (Å²) in [4.78, 5) is 12.2. The molecule has 1 amide bonds. The minimum absolute atomic E-state index is 0.294. The second-order valence-electron chi connectivity index (χ2n) is 7.69. The Morgan fingerprint density at radius 3 is 2.25 bits per heavy atom. The molecule has 0 radical (unpaired) electrons. The van der Waals surface area contributed by atoms with Gasteiger partial charge in [-0.15, -0.1) is 0 Å². The Hall–Kier alpha value is -1.35. The van der Waals surface area contributed by atoms with Crippen molar-refractivity contribution in [3.05, 3.63) is 35.9 Å². The smallest absolute Gasteiger partial charge is 0.220 e. The van der Waals surface area contributed by atoms with Gasteiger partial charge in [-0.1, -0.05) is 49.6 Å². The first-order chi connectivity index (χ1) is 11.8. The summed E-state index contributed by atoms with van der Waals surface area (Å²) in [7, 11) is 0. The zero-order valence-corrected chi connectivity index (χ0v) is 14.8. The van der Waals surface area contributed by atoms with Crippen molar-refractivity contribution < 1.29 is 4.79 Å². The van der Waals surface area contributed by atoms with E-state index in [0.717, 1.165) is 25.8 Å². The van der Waals surface area contributed by atoms with Crippen LogP contribution < -0.4 is 10.6 Å². The average molecular weight is 329 g/mol. The molecule has 2 saturated carbocycles. The van der Waals surface area contributed by atoms with Gasteiger partial charge in [0.2, 0.25) is 5.91 Å². The van der Waals surface area contributed by atoms with E-state index in [4.69, 9.17) is 0 Å². The molecule has 2 fully saturated rings. The van der Waals surface area contributed by atoms with E-state index < -0.39 is 0 Å². The van der Waals surface area contributed by atoms with E-state index in [2.05, 4.69) is 41.0 Å². The molecule has 0 heterocycles. The predicted molar refractivity (Wildman–Crippen MR) is 98.7 cm³/mol. The molecule has 0 unspecified atom stereocenters. The second kappa shape index (κ2) is 9.22. The lowest BCUT2D eigenvalue weighted by molar-refractivity contribution is -0.123. The lowest BCUT2D eigenvalue weighted by Crippen LogP contribution is -2.42. The third-order valence-electron chi connectivity index (χ3n) is 5.73. The molecule has 3 rings (SSSR count). The number of carbonyl (C=O) groups excluding carboxylic acids is 1. The Morgan fingerprint density at radius 1 is 0.875 bits per heavy atom. The first kappa shape index (κ1) is 17.5. The van der Waals surface area contributed by atoms with Crippen LogP contribution in [-0.4, -0.2) is 18.0 Å². The highest BCUT2D eigenvalue weighted by atomic mass is 16.1. The van der Waals surface area contributed by atoms with E-state index in [1.54, 1.807) is 0 Å². The van der Waals surface area contributed by atoms with E-state index in [-0.39, 0.29) is 0 Å². The van der Waals surface area contributed by atoms with Crippen molar-refractivity contribution in [1.29, 1.82) is 0 Å². The molecule has 0 aromatic heterocycles. The standard InChI is InChI=1S/C21H32N2O/c24-21(15-17-7-3-1-4-8-17)23-20-13-11-19(12-14-20)22-16-18-9-5-2-6-10-18/h2,5-6,9-10,17,19-20,22H,1,3-4,7-8,11-16H2,(H,23,24). The minimum atomic E-state index is 0.294. The summed E-state index contributed by atoms with van der Waals surface area (Å²) in [6.45, 7) is 0.949. The van der Waals surface area contributed by atoms with E-state index in [0.29, 0.717) is 23.9 Å². The molecule has 0 spiro atoms. The molecule has 2 N–H and O–H groups in total. The van der Waals surface area contributed by atoms with E-state index in [9.17, 15) is 4.79 Å². The zero-order valence-electron chi connectivity index (χ0n) is 14.8. The second-order valence-corrected chi connectivity index (χ2v) is 7.69. The van der Waals surface area contributed by atoms with Crippen LogP contribution >= 0.6 is 0 Å². The van der Waals surface area contributed by atoms with Gasteiger partial charge in [-0.25, -0.2) is 0 Å². The van der Waals surface area contributed by atoms with Crippen LogP contribution in [0.15, 0.2) is 30.3 Å². The molecule has 0 atom stereocenters. The van der Waals surface area contributed by atoms with E-state index in [1.807, 2.05) is 0 Å². The van der Waals surface area contributed by atoms with Crippen molar-refractivity contribution in [2.75, 3.05) is 0 Å². The van der Waals surface area contributed by atoms with Gasteiger partial charge in [-0.05, 0) is 50.0 Å². The van der Waals surface area contributed by atoms with Crippen LogP contribution in [0.4, 0.5) is 0 Å². The largest absolute Gasteiger partial charge is 0.353 e. The van der Waals surface area contributed by atoms with Crippen molar-refractivity contribution in [3.63, 3.8) is 0 Å². The van der Waals surface area contributed by atoms with Crippen molar-refractivity contribution in [2.24, 2.45) is 5.92 Å². The fraction of sp³-hybridized carbons (Fsp3) is 0.667. The van der Waals surface area contributed by atoms with Gasteiger partial charge >= 0.3 is 0 Å². The highest BCUT2D eigenvalue weighted by Gasteiger charge is 2.23. The zero-order chi connectivity index (χ0) is 16.6. The first-order valence-corrected chi connectivity index (χ1v) is 9.86. The molecule has 2 aliphatic rings. The van der Waals surface area contributed by atoms with Gasteiger partial charge in [0.25, 0.3) is 0 Å². The van der Waals surface area contributed by atoms with Crippen LogP contribution in [0.5, 0.6) is 0 Å². The molecular weight excluding hydrogens is 296 g/mol. The number of amides is 1. The van der Waals surface area contributed by atoms with Gasteiger partial charge in [-0.2, -0.15) is 0 Å². The number of benzene rings is 1. The molecule has 0 aliphatic heterocycles. The topological polar surface area (TPSA) is 41.1 Å². The fourth-order valence-electron chi connectivity index (χ4n) is 4.24. The van der Waals surface area contributed by atoms with Crippen LogP contribution in [0.2, 0.25) is 0 Å². The molecule has 24 heavy (non-hydrogen) atoms. The highest BCUT2D eigenvalue weighted by Crippen LogP contribution is 2.26. The Bertz CT molecular complexity index is 488. The minimum Gasteiger partial charge on any atom is -0.353 e.